The molecule has 0 atom stereocenters. The predicted molar refractivity (Wildman–Crippen MR) is 163 cm³/mol. The van der Waals surface area contributed by atoms with Crippen LogP contribution in [0.5, 0.6) is 0 Å². The highest BCUT2D eigenvalue weighted by Gasteiger charge is 2.10. The summed E-state index contributed by atoms with van der Waals surface area (Å²) in [4.78, 5) is 4.29. The summed E-state index contributed by atoms with van der Waals surface area (Å²) in [6.45, 7) is 3.98. The van der Waals surface area contributed by atoms with Crippen molar-refractivity contribution in [3.63, 3.8) is 0 Å². The van der Waals surface area contributed by atoms with Crippen LogP contribution in [0.15, 0.2) is 147 Å². The monoisotopic (exact) mass is 486 g/mol. The third-order valence-electron chi connectivity index (χ3n) is 6.48. The molecule has 2 radical (unpaired) electrons. The van der Waals surface area contributed by atoms with E-state index in [1.807, 2.05) is 48.7 Å². The summed E-state index contributed by atoms with van der Waals surface area (Å²) in [6, 6.07) is 35.8. The molecular formula is C35H27BN2. The van der Waals surface area contributed by atoms with Crippen LogP contribution in [0.4, 0.5) is 0 Å². The van der Waals surface area contributed by atoms with Gasteiger partial charge < -0.3 is 5.73 Å². The van der Waals surface area contributed by atoms with Gasteiger partial charge in [0, 0.05) is 18.0 Å². The SMILES string of the molecule is [B]c1cccc(-c2cc(-c3cccc(/C(C=C)=C/C=C\N)c3)cc(-c3cccc(-c4cccnc4)c3)c2)c1. The lowest BCUT2D eigenvalue weighted by Gasteiger charge is -2.14. The molecule has 0 unspecified atom stereocenters. The third kappa shape index (κ3) is 5.58. The molecule has 4 aromatic carbocycles. The molecule has 38 heavy (non-hydrogen) atoms. The van der Waals surface area contributed by atoms with Gasteiger partial charge in [0.2, 0.25) is 0 Å². The molecule has 1 heterocycles. The largest absolute Gasteiger partial charge is 0.405 e. The number of rotatable bonds is 7. The van der Waals surface area contributed by atoms with Gasteiger partial charge in [-0.05, 0) is 98.8 Å². The highest BCUT2D eigenvalue weighted by molar-refractivity contribution is 6.32. The van der Waals surface area contributed by atoms with Crippen LogP contribution in [0.25, 0.3) is 50.1 Å². The number of aromatic nitrogens is 1. The highest BCUT2D eigenvalue weighted by Crippen LogP contribution is 2.35. The lowest BCUT2D eigenvalue weighted by molar-refractivity contribution is 1.33. The summed E-state index contributed by atoms with van der Waals surface area (Å²) in [7, 11) is 6.15. The summed E-state index contributed by atoms with van der Waals surface area (Å²) < 4.78 is 0. The Kier molecular flexibility index (Phi) is 7.47. The van der Waals surface area contributed by atoms with Gasteiger partial charge in [0.05, 0.1) is 0 Å². The van der Waals surface area contributed by atoms with Crippen LogP contribution in [-0.2, 0) is 0 Å². The molecule has 1 aromatic heterocycles. The Morgan fingerprint density at radius 1 is 0.658 bits per heavy atom. The molecule has 0 saturated heterocycles. The van der Waals surface area contributed by atoms with Crippen LogP contribution in [0.1, 0.15) is 5.56 Å². The molecule has 0 fully saturated rings. The topological polar surface area (TPSA) is 38.9 Å². The number of benzene rings is 4. The maximum absolute atomic E-state index is 6.15. The lowest BCUT2D eigenvalue weighted by Crippen LogP contribution is -2.00. The van der Waals surface area contributed by atoms with E-state index < -0.39 is 0 Å². The van der Waals surface area contributed by atoms with E-state index >= 15 is 0 Å². The van der Waals surface area contributed by atoms with Gasteiger partial charge in [-0.2, -0.15) is 0 Å². The van der Waals surface area contributed by atoms with Crippen molar-refractivity contribution in [2.45, 2.75) is 0 Å². The van der Waals surface area contributed by atoms with Crippen LogP contribution >= 0.6 is 0 Å². The van der Waals surface area contributed by atoms with E-state index in [0.29, 0.717) is 0 Å². The average Bonchev–Trinajstić information content (AvgIpc) is 2.98. The molecular weight excluding hydrogens is 459 g/mol. The molecule has 0 spiro atoms. The van der Waals surface area contributed by atoms with E-state index in [2.05, 4.69) is 90.4 Å². The van der Waals surface area contributed by atoms with E-state index in [4.69, 9.17) is 13.6 Å². The van der Waals surface area contributed by atoms with Crippen molar-refractivity contribution in [2.75, 3.05) is 0 Å². The number of allylic oxidation sites excluding steroid dienone is 4. The zero-order chi connectivity index (χ0) is 26.3. The van der Waals surface area contributed by atoms with E-state index in [1.165, 1.54) is 6.20 Å². The minimum atomic E-state index is 0.740. The second-order valence-corrected chi connectivity index (χ2v) is 9.04. The summed E-state index contributed by atoms with van der Waals surface area (Å²) in [5, 5.41) is 0. The molecule has 0 amide bonds. The first-order chi connectivity index (χ1) is 18.6. The van der Waals surface area contributed by atoms with E-state index in [0.717, 1.165) is 61.1 Å². The van der Waals surface area contributed by atoms with Gasteiger partial charge in [0.15, 0.2) is 0 Å². The van der Waals surface area contributed by atoms with Crippen LogP contribution in [-0.4, -0.2) is 12.8 Å². The van der Waals surface area contributed by atoms with Gasteiger partial charge in [-0.1, -0.05) is 90.9 Å². The van der Waals surface area contributed by atoms with E-state index in [-0.39, 0.29) is 0 Å². The Balaban J connectivity index is 1.67. The third-order valence-corrected chi connectivity index (χ3v) is 6.48. The van der Waals surface area contributed by atoms with Crippen LogP contribution in [0.2, 0.25) is 0 Å². The fourth-order valence-corrected chi connectivity index (χ4v) is 4.58. The quantitative estimate of drug-likeness (QED) is 0.190. The molecule has 0 bridgehead atoms. The molecule has 5 aromatic rings. The zero-order valence-electron chi connectivity index (χ0n) is 21.1. The molecule has 0 aliphatic heterocycles. The first kappa shape index (κ1) is 24.8. The second kappa shape index (κ2) is 11.4. The van der Waals surface area contributed by atoms with Crippen molar-refractivity contribution in [1.82, 2.24) is 4.98 Å². The summed E-state index contributed by atoms with van der Waals surface area (Å²) in [5.74, 6) is 0. The van der Waals surface area contributed by atoms with Crippen LogP contribution in [0, 0.1) is 0 Å². The van der Waals surface area contributed by atoms with Gasteiger partial charge in [-0.25, -0.2) is 0 Å². The minimum absolute atomic E-state index is 0.740. The van der Waals surface area contributed by atoms with Crippen molar-refractivity contribution in [3.8, 4) is 44.5 Å². The van der Waals surface area contributed by atoms with Gasteiger partial charge in [-0.3, -0.25) is 4.98 Å². The smallest absolute Gasteiger partial charge is 0.113 e. The van der Waals surface area contributed by atoms with Crippen LogP contribution in [0.3, 0.4) is 0 Å². The van der Waals surface area contributed by atoms with Gasteiger partial charge >= 0.3 is 0 Å². The molecule has 5 rings (SSSR count). The first-order valence-corrected chi connectivity index (χ1v) is 12.5. The van der Waals surface area contributed by atoms with Gasteiger partial charge in [0.1, 0.15) is 7.85 Å². The Morgan fingerprint density at radius 2 is 1.21 bits per heavy atom. The maximum atomic E-state index is 6.15. The van der Waals surface area contributed by atoms with Crippen molar-refractivity contribution in [3.05, 3.63) is 152 Å². The van der Waals surface area contributed by atoms with E-state index in [9.17, 15) is 0 Å². The normalized spacial score (nSPS) is 11.5. The fourth-order valence-electron chi connectivity index (χ4n) is 4.58. The Hall–Kier alpha value is -4.89. The Morgan fingerprint density at radius 3 is 1.82 bits per heavy atom. The molecule has 3 heteroatoms. The van der Waals surface area contributed by atoms with E-state index in [1.54, 1.807) is 6.20 Å². The molecule has 180 valence electrons. The first-order valence-electron chi connectivity index (χ1n) is 12.5. The summed E-state index contributed by atoms with van der Waals surface area (Å²) in [5.41, 5.74) is 17.3. The summed E-state index contributed by atoms with van der Waals surface area (Å²) in [6.07, 6.45) is 10.8. The second-order valence-electron chi connectivity index (χ2n) is 9.04. The highest BCUT2D eigenvalue weighted by atomic mass is 14.6. The Bertz CT molecular complexity index is 1650. The fraction of sp³-hybridized carbons (Fsp3) is 0. The number of hydrogen-bond donors (Lipinski definition) is 1. The van der Waals surface area contributed by atoms with Gasteiger partial charge in [-0.15, -0.1) is 0 Å². The zero-order valence-corrected chi connectivity index (χ0v) is 21.1. The minimum Gasteiger partial charge on any atom is -0.405 e. The summed E-state index contributed by atoms with van der Waals surface area (Å²) >= 11 is 0. The maximum Gasteiger partial charge on any atom is 0.113 e. The molecule has 2 N–H and O–H groups in total. The van der Waals surface area contributed by atoms with Crippen molar-refractivity contribution < 1.29 is 0 Å². The average molecular weight is 486 g/mol. The van der Waals surface area contributed by atoms with Crippen molar-refractivity contribution in [2.24, 2.45) is 5.73 Å². The molecule has 0 aliphatic carbocycles. The standard InChI is InChI=1S/C35H27BN2/c1-2-25(13-6-16-37)26-8-3-10-28(18-26)32-20-33(22-34(21-32)30-12-5-15-35(36)23-30)29-11-4-9-27(19-29)31-14-7-17-38-24-31/h2-24H,1,37H2/b16-6-,25-13+. The van der Waals surface area contributed by atoms with Crippen molar-refractivity contribution >= 4 is 18.9 Å². The lowest BCUT2D eigenvalue weighted by atomic mass is 9.89. The predicted octanol–water partition coefficient (Wildman–Crippen LogP) is 7.59. The number of pyridine rings is 1. The number of nitrogens with zero attached hydrogens (tertiary/aromatic N) is 1. The molecule has 2 nitrogen and oxygen atoms in total. The van der Waals surface area contributed by atoms with Crippen molar-refractivity contribution in [1.29, 1.82) is 0 Å². The van der Waals surface area contributed by atoms with Gasteiger partial charge in [0.25, 0.3) is 0 Å². The number of hydrogen-bond acceptors (Lipinski definition) is 2. The molecule has 0 saturated carbocycles. The molecule has 0 aliphatic rings. The number of nitrogens with two attached hydrogens (primary N) is 1. The van der Waals surface area contributed by atoms with Crippen LogP contribution < -0.4 is 11.2 Å². The Labute approximate surface area is 225 Å².